The van der Waals surface area contributed by atoms with Crippen LogP contribution in [0, 0.1) is 10.8 Å². The van der Waals surface area contributed by atoms with Gasteiger partial charge in [0, 0.05) is 0 Å². The molecule has 0 atom stereocenters. The summed E-state index contributed by atoms with van der Waals surface area (Å²) in [5.74, 6) is -4.43. The molecule has 0 aromatic carbocycles. The second-order valence-electron chi connectivity index (χ2n) is 6.28. The average molecular weight is 316 g/mol. The average Bonchev–Trinajstić information content (AvgIpc) is 2.30. The zero-order valence-corrected chi connectivity index (χ0v) is 12.1. The van der Waals surface area contributed by atoms with Gasteiger partial charge in [0.15, 0.2) is 0 Å². The summed E-state index contributed by atoms with van der Waals surface area (Å²) >= 11 is 0. The lowest BCUT2D eigenvalue weighted by molar-refractivity contribution is -0.152. The lowest BCUT2D eigenvalue weighted by Gasteiger charge is -2.44. The Morgan fingerprint density at radius 2 is 0.727 bits per heavy atom. The van der Waals surface area contributed by atoms with E-state index in [1.165, 1.54) is 0 Å². The molecule has 0 aliphatic heterocycles. The van der Waals surface area contributed by atoms with Crippen molar-refractivity contribution in [3.63, 3.8) is 0 Å². The standard InChI is InChI=1S/C14H20O8/c15-9(16)5-13(6-10(17)18)1-2-14(4-3-13,7-11(19)20)8-12(21)22/h1-8H2,(H,15,16)(H,17,18)(H,19,20)(H,21,22). The van der Waals surface area contributed by atoms with Crippen molar-refractivity contribution in [1.82, 2.24) is 0 Å². The van der Waals surface area contributed by atoms with E-state index in [-0.39, 0.29) is 51.4 Å². The maximum Gasteiger partial charge on any atom is 0.303 e. The number of carboxylic acids is 4. The second kappa shape index (κ2) is 6.76. The summed E-state index contributed by atoms with van der Waals surface area (Å²) in [4.78, 5) is 44.0. The number of rotatable bonds is 8. The van der Waals surface area contributed by atoms with E-state index < -0.39 is 34.7 Å². The van der Waals surface area contributed by atoms with Crippen molar-refractivity contribution in [2.24, 2.45) is 10.8 Å². The van der Waals surface area contributed by atoms with Gasteiger partial charge >= 0.3 is 23.9 Å². The molecule has 0 saturated heterocycles. The lowest BCUT2D eigenvalue weighted by Crippen LogP contribution is -2.39. The Morgan fingerprint density at radius 3 is 0.864 bits per heavy atom. The molecule has 0 spiro atoms. The molecular formula is C14H20O8. The van der Waals surface area contributed by atoms with E-state index >= 15 is 0 Å². The monoisotopic (exact) mass is 316 g/mol. The van der Waals surface area contributed by atoms with Gasteiger partial charge in [0.05, 0.1) is 25.7 Å². The van der Waals surface area contributed by atoms with Gasteiger partial charge in [-0.05, 0) is 36.5 Å². The molecule has 0 aromatic heterocycles. The Kier molecular flexibility index (Phi) is 5.51. The highest BCUT2D eigenvalue weighted by atomic mass is 16.4. The molecule has 0 amide bonds. The molecule has 1 aliphatic rings. The van der Waals surface area contributed by atoms with E-state index in [0.29, 0.717) is 0 Å². The van der Waals surface area contributed by atoms with Gasteiger partial charge in [-0.2, -0.15) is 0 Å². The summed E-state index contributed by atoms with van der Waals surface area (Å²) in [7, 11) is 0. The molecule has 1 aliphatic carbocycles. The Morgan fingerprint density at radius 1 is 0.545 bits per heavy atom. The largest absolute Gasteiger partial charge is 0.481 e. The molecule has 8 heteroatoms. The first-order valence-corrected chi connectivity index (χ1v) is 6.95. The third kappa shape index (κ3) is 5.01. The van der Waals surface area contributed by atoms with Crippen LogP contribution in [0.25, 0.3) is 0 Å². The summed E-state index contributed by atoms with van der Waals surface area (Å²) in [5, 5.41) is 35.9. The fourth-order valence-electron chi connectivity index (χ4n) is 3.43. The minimum Gasteiger partial charge on any atom is -0.481 e. The molecule has 0 heterocycles. The summed E-state index contributed by atoms with van der Waals surface area (Å²) in [6, 6.07) is 0. The number of aliphatic carboxylic acids is 4. The van der Waals surface area contributed by atoms with Gasteiger partial charge in [-0.3, -0.25) is 19.2 Å². The van der Waals surface area contributed by atoms with E-state index in [4.69, 9.17) is 20.4 Å². The van der Waals surface area contributed by atoms with Crippen LogP contribution < -0.4 is 0 Å². The molecule has 1 fully saturated rings. The highest BCUT2D eigenvalue weighted by Crippen LogP contribution is 2.52. The van der Waals surface area contributed by atoms with E-state index in [0.717, 1.165) is 0 Å². The van der Waals surface area contributed by atoms with Gasteiger partial charge in [-0.25, -0.2) is 0 Å². The topological polar surface area (TPSA) is 149 Å². The van der Waals surface area contributed by atoms with E-state index in [2.05, 4.69) is 0 Å². The van der Waals surface area contributed by atoms with Gasteiger partial charge in [-0.1, -0.05) is 0 Å². The molecule has 22 heavy (non-hydrogen) atoms. The predicted molar refractivity (Wildman–Crippen MR) is 72.3 cm³/mol. The van der Waals surface area contributed by atoms with Crippen LogP contribution in [0.4, 0.5) is 0 Å². The normalized spacial score (nSPS) is 19.3. The molecule has 0 aromatic rings. The molecule has 0 bridgehead atoms. The van der Waals surface area contributed by atoms with Crippen molar-refractivity contribution in [3.05, 3.63) is 0 Å². The minimum atomic E-state index is -1.11. The van der Waals surface area contributed by atoms with Gasteiger partial charge in [0.25, 0.3) is 0 Å². The van der Waals surface area contributed by atoms with Crippen LogP contribution in [-0.4, -0.2) is 44.3 Å². The highest BCUT2D eigenvalue weighted by molar-refractivity contribution is 5.73. The summed E-state index contributed by atoms with van der Waals surface area (Å²) in [5.41, 5.74) is -1.86. The Labute approximate surface area is 126 Å². The van der Waals surface area contributed by atoms with Crippen molar-refractivity contribution >= 4 is 23.9 Å². The highest BCUT2D eigenvalue weighted by Gasteiger charge is 2.46. The van der Waals surface area contributed by atoms with Crippen molar-refractivity contribution in [2.45, 2.75) is 51.4 Å². The number of hydrogen-bond acceptors (Lipinski definition) is 4. The Hall–Kier alpha value is -2.12. The number of hydrogen-bond donors (Lipinski definition) is 4. The van der Waals surface area contributed by atoms with Gasteiger partial charge < -0.3 is 20.4 Å². The maximum atomic E-state index is 11.0. The first kappa shape index (κ1) is 17.9. The molecule has 0 radical (unpaired) electrons. The van der Waals surface area contributed by atoms with Crippen molar-refractivity contribution < 1.29 is 39.6 Å². The lowest BCUT2D eigenvalue weighted by atomic mass is 9.59. The SMILES string of the molecule is O=C(O)CC1(CC(=O)O)CCC(CC(=O)O)(CC(=O)O)CC1. The van der Waals surface area contributed by atoms with Crippen LogP contribution in [-0.2, 0) is 19.2 Å². The van der Waals surface area contributed by atoms with Crippen LogP contribution >= 0.6 is 0 Å². The van der Waals surface area contributed by atoms with Gasteiger partial charge in [0.1, 0.15) is 0 Å². The zero-order valence-electron chi connectivity index (χ0n) is 12.1. The molecule has 4 N–H and O–H groups in total. The quantitative estimate of drug-likeness (QED) is 0.525. The smallest absolute Gasteiger partial charge is 0.303 e. The van der Waals surface area contributed by atoms with Crippen LogP contribution in [0.3, 0.4) is 0 Å². The third-order valence-electron chi connectivity index (χ3n) is 4.48. The van der Waals surface area contributed by atoms with Crippen molar-refractivity contribution in [3.8, 4) is 0 Å². The molecule has 1 saturated carbocycles. The van der Waals surface area contributed by atoms with Crippen LogP contribution in [0.15, 0.2) is 0 Å². The van der Waals surface area contributed by atoms with Crippen LogP contribution in [0.2, 0.25) is 0 Å². The van der Waals surface area contributed by atoms with E-state index in [1.807, 2.05) is 0 Å². The third-order valence-corrected chi connectivity index (χ3v) is 4.48. The number of carbonyl (C=O) groups is 4. The van der Waals surface area contributed by atoms with E-state index in [1.54, 1.807) is 0 Å². The van der Waals surface area contributed by atoms with Gasteiger partial charge in [0.2, 0.25) is 0 Å². The Balaban J connectivity index is 2.92. The molecule has 0 unspecified atom stereocenters. The van der Waals surface area contributed by atoms with Crippen molar-refractivity contribution in [2.75, 3.05) is 0 Å². The molecule has 1 rings (SSSR count). The van der Waals surface area contributed by atoms with Crippen LogP contribution in [0.5, 0.6) is 0 Å². The Bertz CT molecular complexity index is 393. The molecule has 8 nitrogen and oxygen atoms in total. The fraction of sp³-hybridized carbons (Fsp3) is 0.714. The summed E-state index contributed by atoms with van der Waals surface area (Å²) < 4.78 is 0. The maximum absolute atomic E-state index is 11.0. The molecular weight excluding hydrogens is 296 g/mol. The summed E-state index contributed by atoms with van der Waals surface area (Å²) in [6.07, 6.45) is -0.438. The van der Waals surface area contributed by atoms with Gasteiger partial charge in [-0.15, -0.1) is 0 Å². The van der Waals surface area contributed by atoms with Crippen molar-refractivity contribution in [1.29, 1.82) is 0 Å². The summed E-state index contributed by atoms with van der Waals surface area (Å²) in [6.45, 7) is 0. The zero-order chi connectivity index (χ0) is 17.0. The van der Waals surface area contributed by atoms with E-state index in [9.17, 15) is 19.2 Å². The first-order valence-electron chi connectivity index (χ1n) is 6.95. The van der Waals surface area contributed by atoms with Crippen LogP contribution in [0.1, 0.15) is 51.4 Å². The minimum absolute atomic E-state index is 0.201. The second-order valence-corrected chi connectivity index (χ2v) is 6.28. The first-order chi connectivity index (χ1) is 10.1. The predicted octanol–water partition coefficient (Wildman–Crippen LogP) is 1.43. The molecule has 124 valence electrons. The fourth-order valence-corrected chi connectivity index (χ4v) is 3.43. The number of carboxylic acid groups (broad SMARTS) is 4.